The first kappa shape index (κ1) is 19.1. The van der Waals surface area contributed by atoms with Gasteiger partial charge in [-0.1, -0.05) is 19.4 Å². The van der Waals surface area contributed by atoms with Crippen molar-refractivity contribution in [1.82, 2.24) is 0 Å². The normalized spacial score (nSPS) is 21.7. The Morgan fingerprint density at radius 2 is 1.41 bits per heavy atom. The van der Waals surface area contributed by atoms with Crippen LogP contribution in [0.4, 0.5) is 0 Å². The fourth-order valence-electron chi connectivity index (χ4n) is 1.52. The van der Waals surface area contributed by atoms with E-state index in [0.717, 1.165) is 52.5 Å². The predicted octanol–water partition coefficient (Wildman–Crippen LogP) is 2.02. The van der Waals surface area contributed by atoms with E-state index in [-0.39, 0.29) is 5.57 Å². The molecule has 2 saturated heterocycles. The number of carboxylic acid groups (broad SMARTS) is 1. The minimum Gasteiger partial charge on any atom is -0.478 e. The average molecular weight is 316 g/mol. The summed E-state index contributed by atoms with van der Waals surface area (Å²) in [7, 11) is 0. The molecule has 0 saturated carbocycles. The molecule has 2 fully saturated rings. The van der Waals surface area contributed by atoms with Gasteiger partial charge in [0.15, 0.2) is 0 Å². The topological polar surface area (TPSA) is 80.8 Å². The molecule has 0 amide bonds. The molecule has 2 unspecified atom stereocenters. The summed E-state index contributed by atoms with van der Waals surface area (Å²) in [4.78, 5) is 9.60. The van der Waals surface area contributed by atoms with Crippen LogP contribution in [0.15, 0.2) is 12.2 Å². The average Bonchev–Trinajstić information content (AvgIpc) is 3.36. The van der Waals surface area contributed by atoms with E-state index in [1.54, 1.807) is 0 Å². The minimum absolute atomic E-state index is 0.176. The molecule has 2 rings (SSSR count). The molecular weight excluding hydrogens is 288 g/mol. The third-order valence-electron chi connectivity index (χ3n) is 3.10. The Kier molecular flexibility index (Phi) is 10.1. The third kappa shape index (κ3) is 12.8. The van der Waals surface area contributed by atoms with Gasteiger partial charge in [0.1, 0.15) is 12.2 Å². The van der Waals surface area contributed by atoms with Crippen molar-refractivity contribution in [3.63, 3.8) is 0 Å². The van der Waals surface area contributed by atoms with Gasteiger partial charge in [-0.15, -0.1) is 0 Å². The van der Waals surface area contributed by atoms with Crippen LogP contribution in [0.2, 0.25) is 0 Å². The summed E-state index contributed by atoms with van der Waals surface area (Å²) in [6.45, 7) is 9.69. The number of carboxylic acids is 1. The van der Waals surface area contributed by atoms with Crippen LogP contribution >= 0.6 is 0 Å². The Morgan fingerprint density at radius 1 is 1.05 bits per heavy atom. The van der Waals surface area contributed by atoms with Crippen molar-refractivity contribution in [1.29, 1.82) is 0 Å². The molecule has 2 aliphatic heterocycles. The first-order chi connectivity index (χ1) is 10.6. The maximum absolute atomic E-state index is 9.60. The van der Waals surface area contributed by atoms with Crippen LogP contribution in [-0.2, 0) is 23.7 Å². The molecule has 22 heavy (non-hydrogen) atoms. The summed E-state index contributed by atoms with van der Waals surface area (Å²) < 4.78 is 21.0. The van der Waals surface area contributed by atoms with Gasteiger partial charge in [0.05, 0.1) is 26.4 Å². The molecule has 2 atom stereocenters. The van der Waals surface area contributed by atoms with Crippen LogP contribution in [0.5, 0.6) is 0 Å². The summed E-state index contributed by atoms with van der Waals surface area (Å²) >= 11 is 0. The lowest BCUT2D eigenvalue weighted by molar-refractivity contribution is -0.132. The Hall–Kier alpha value is -0.950. The number of ether oxygens (including phenoxy) is 4. The van der Waals surface area contributed by atoms with Crippen LogP contribution < -0.4 is 0 Å². The van der Waals surface area contributed by atoms with Gasteiger partial charge >= 0.3 is 5.97 Å². The fraction of sp³-hybridized carbons (Fsp3) is 0.812. The molecule has 128 valence electrons. The molecular formula is C16H28O6. The third-order valence-corrected chi connectivity index (χ3v) is 3.10. The smallest absolute Gasteiger partial charge is 0.330 e. The lowest BCUT2D eigenvalue weighted by Crippen LogP contribution is -2.04. The second-order valence-electron chi connectivity index (χ2n) is 5.56. The molecule has 0 aromatic rings. The van der Waals surface area contributed by atoms with Crippen LogP contribution in [0.3, 0.4) is 0 Å². The highest BCUT2D eigenvalue weighted by Crippen LogP contribution is 2.10. The zero-order valence-corrected chi connectivity index (χ0v) is 13.4. The van der Waals surface area contributed by atoms with E-state index in [9.17, 15) is 4.79 Å². The second kappa shape index (κ2) is 11.6. The number of carbonyl (C=O) groups is 1. The lowest BCUT2D eigenvalue weighted by Gasteiger charge is -2.03. The lowest BCUT2D eigenvalue weighted by atomic mass is 10.2. The number of hydrogen-bond donors (Lipinski definition) is 1. The van der Waals surface area contributed by atoms with Crippen molar-refractivity contribution in [3.05, 3.63) is 12.2 Å². The Morgan fingerprint density at radius 3 is 1.68 bits per heavy atom. The number of unbranched alkanes of at least 4 members (excludes halogenated alkanes) is 3. The van der Waals surface area contributed by atoms with Gasteiger partial charge in [0.2, 0.25) is 0 Å². The van der Waals surface area contributed by atoms with Gasteiger partial charge in [-0.2, -0.15) is 0 Å². The van der Waals surface area contributed by atoms with Crippen molar-refractivity contribution in [2.75, 3.05) is 39.6 Å². The molecule has 2 heterocycles. The maximum Gasteiger partial charge on any atom is 0.330 e. The highest BCUT2D eigenvalue weighted by molar-refractivity contribution is 5.84. The highest BCUT2D eigenvalue weighted by Gasteiger charge is 2.22. The van der Waals surface area contributed by atoms with Crippen molar-refractivity contribution in [2.45, 2.75) is 44.8 Å². The molecule has 0 aromatic carbocycles. The van der Waals surface area contributed by atoms with E-state index < -0.39 is 5.97 Å². The van der Waals surface area contributed by atoms with E-state index in [4.69, 9.17) is 24.1 Å². The molecule has 0 spiro atoms. The maximum atomic E-state index is 9.60. The van der Waals surface area contributed by atoms with Crippen molar-refractivity contribution >= 4 is 5.97 Å². The monoisotopic (exact) mass is 316 g/mol. The first-order valence-corrected chi connectivity index (χ1v) is 7.87. The minimum atomic E-state index is -0.935. The summed E-state index contributed by atoms with van der Waals surface area (Å²) in [5.41, 5.74) is 0.176. The molecule has 0 aromatic heterocycles. The number of rotatable bonds is 12. The largest absolute Gasteiger partial charge is 0.478 e. The van der Waals surface area contributed by atoms with E-state index >= 15 is 0 Å². The standard InChI is InChI=1S/C12H22O4.C4H6O2/c1(3-5-13-7-11-9-15-11)2-4-6-14-8-12-10-16-12;1-3(2)4(5)6/h11-12H,1-10H2;1H2,2H3,(H,5,6). The Labute approximate surface area is 132 Å². The van der Waals surface area contributed by atoms with E-state index in [1.165, 1.54) is 19.8 Å². The summed E-state index contributed by atoms with van der Waals surface area (Å²) in [6.07, 6.45) is 5.57. The molecule has 0 aliphatic carbocycles. The number of hydrogen-bond acceptors (Lipinski definition) is 5. The molecule has 1 N–H and O–H groups in total. The van der Waals surface area contributed by atoms with Crippen LogP contribution in [0.25, 0.3) is 0 Å². The number of epoxide rings is 2. The van der Waals surface area contributed by atoms with Gasteiger partial charge in [-0.3, -0.25) is 0 Å². The molecule has 2 aliphatic rings. The van der Waals surface area contributed by atoms with Gasteiger partial charge < -0.3 is 24.1 Å². The van der Waals surface area contributed by atoms with Gasteiger partial charge in [0.25, 0.3) is 0 Å². The van der Waals surface area contributed by atoms with Crippen molar-refractivity contribution < 1.29 is 28.8 Å². The summed E-state index contributed by atoms with van der Waals surface area (Å²) in [5.74, 6) is -0.935. The van der Waals surface area contributed by atoms with E-state index in [2.05, 4.69) is 6.58 Å². The van der Waals surface area contributed by atoms with Crippen molar-refractivity contribution in [3.8, 4) is 0 Å². The molecule has 0 radical (unpaired) electrons. The molecule has 0 bridgehead atoms. The second-order valence-corrected chi connectivity index (χ2v) is 5.56. The van der Waals surface area contributed by atoms with E-state index in [0.29, 0.717) is 12.2 Å². The van der Waals surface area contributed by atoms with Gasteiger partial charge in [-0.25, -0.2) is 4.79 Å². The van der Waals surface area contributed by atoms with Crippen LogP contribution in [0.1, 0.15) is 32.6 Å². The zero-order valence-electron chi connectivity index (χ0n) is 13.4. The van der Waals surface area contributed by atoms with Gasteiger partial charge in [-0.05, 0) is 19.8 Å². The SMILES string of the molecule is C(CCCOCC1CO1)CCOCC1CO1.C=C(C)C(=O)O. The van der Waals surface area contributed by atoms with Gasteiger partial charge in [0, 0.05) is 18.8 Å². The Bertz CT molecular complexity index is 291. The predicted molar refractivity (Wildman–Crippen MR) is 82.0 cm³/mol. The van der Waals surface area contributed by atoms with Crippen LogP contribution in [0, 0.1) is 0 Å². The van der Waals surface area contributed by atoms with Crippen molar-refractivity contribution in [2.24, 2.45) is 0 Å². The molecule has 6 heteroatoms. The first-order valence-electron chi connectivity index (χ1n) is 7.87. The number of aliphatic carboxylic acids is 1. The van der Waals surface area contributed by atoms with E-state index in [1.807, 2.05) is 0 Å². The molecule has 6 nitrogen and oxygen atoms in total. The summed E-state index contributed by atoms with van der Waals surface area (Å²) in [6, 6.07) is 0. The van der Waals surface area contributed by atoms with Crippen LogP contribution in [-0.4, -0.2) is 62.9 Å². The quantitative estimate of drug-likeness (QED) is 0.337. The fourth-order valence-corrected chi connectivity index (χ4v) is 1.52. The zero-order chi connectivity index (χ0) is 16.2. The Balaban J connectivity index is 0.000000346. The summed E-state index contributed by atoms with van der Waals surface area (Å²) in [5, 5.41) is 7.89. The highest BCUT2D eigenvalue weighted by atomic mass is 16.6.